The maximum Gasteiger partial charge on any atom is 0.224 e. The number of nitrogens with zero attached hydrogens (tertiary/aromatic N) is 2. The summed E-state index contributed by atoms with van der Waals surface area (Å²) in [5.41, 5.74) is 2.90. The van der Waals surface area contributed by atoms with E-state index in [1.807, 2.05) is 66.7 Å². The quantitative estimate of drug-likeness (QED) is 0.453. The van der Waals surface area contributed by atoms with Gasteiger partial charge in [0.15, 0.2) is 0 Å². The van der Waals surface area contributed by atoms with E-state index in [-0.39, 0.29) is 5.91 Å². The van der Waals surface area contributed by atoms with Gasteiger partial charge < -0.3 is 14.6 Å². The van der Waals surface area contributed by atoms with Crippen LogP contribution in [-0.2, 0) is 24.3 Å². The highest BCUT2D eigenvalue weighted by Crippen LogP contribution is 2.18. The molecule has 0 aliphatic rings. The molecule has 0 unspecified atom stereocenters. The molecule has 0 fully saturated rings. The summed E-state index contributed by atoms with van der Waals surface area (Å²) in [6, 6.07) is 24.9. The van der Waals surface area contributed by atoms with Crippen LogP contribution in [0.4, 0.5) is 0 Å². The molecule has 4 rings (SSSR count). The van der Waals surface area contributed by atoms with Gasteiger partial charge in [-0.15, -0.1) is 0 Å². The molecule has 0 bridgehead atoms. The van der Waals surface area contributed by atoms with Gasteiger partial charge in [-0.05, 0) is 42.0 Å². The molecule has 4 aromatic rings. The Kier molecular flexibility index (Phi) is 6.30. The number of rotatable bonds is 8. The molecule has 3 aromatic carbocycles. The van der Waals surface area contributed by atoms with E-state index in [9.17, 15) is 4.79 Å². The summed E-state index contributed by atoms with van der Waals surface area (Å²) < 4.78 is 7.94. The van der Waals surface area contributed by atoms with Crippen LogP contribution in [0.5, 0.6) is 5.75 Å². The average Bonchev–Trinajstić information content (AvgIpc) is 3.12. The number of amides is 1. The summed E-state index contributed by atoms with van der Waals surface area (Å²) in [4.78, 5) is 17.1. The van der Waals surface area contributed by atoms with Gasteiger partial charge >= 0.3 is 0 Å². The molecule has 5 nitrogen and oxygen atoms in total. The van der Waals surface area contributed by atoms with Gasteiger partial charge in [0.2, 0.25) is 5.91 Å². The molecule has 152 valence electrons. The average molecular weight is 420 g/mol. The van der Waals surface area contributed by atoms with Gasteiger partial charge in [0, 0.05) is 5.02 Å². The first-order chi connectivity index (χ1) is 14.7. The van der Waals surface area contributed by atoms with Crippen LogP contribution in [0.2, 0.25) is 5.02 Å². The predicted molar refractivity (Wildman–Crippen MR) is 119 cm³/mol. The zero-order chi connectivity index (χ0) is 20.8. The molecule has 30 heavy (non-hydrogen) atoms. The maximum atomic E-state index is 12.4. The highest BCUT2D eigenvalue weighted by atomic mass is 35.5. The van der Waals surface area contributed by atoms with Crippen molar-refractivity contribution >= 4 is 28.5 Å². The third kappa shape index (κ3) is 4.99. The highest BCUT2D eigenvalue weighted by molar-refractivity contribution is 6.30. The van der Waals surface area contributed by atoms with Crippen molar-refractivity contribution in [1.29, 1.82) is 0 Å². The molecule has 0 atom stereocenters. The number of benzene rings is 3. The van der Waals surface area contributed by atoms with Gasteiger partial charge in [0.25, 0.3) is 0 Å². The minimum Gasteiger partial charge on any atom is -0.492 e. The second-order valence-electron chi connectivity index (χ2n) is 6.91. The fourth-order valence-corrected chi connectivity index (χ4v) is 3.44. The molecular formula is C24H22ClN3O2. The Morgan fingerprint density at radius 1 is 0.967 bits per heavy atom. The lowest BCUT2D eigenvalue weighted by Crippen LogP contribution is -2.26. The number of aromatic nitrogens is 2. The summed E-state index contributed by atoms with van der Waals surface area (Å²) in [7, 11) is 0. The van der Waals surface area contributed by atoms with Crippen molar-refractivity contribution in [2.45, 2.75) is 19.5 Å². The van der Waals surface area contributed by atoms with E-state index in [1.54, 1.807) is 12.1 Å². The number of hydrogen-bond donors (Lipinski definition) is 1. The summed E-state index contributed by atoms with van der Waals surface area (Å²) in [5, 5.41) is 3.66. The largest absolute Gasteiger partial charge is 0.492 e. The van der Waals surface area contributed by atoms with Gasteiger partial charge in [-0.25, -0.2) is 4.98 Å². The minimum absolute atomic E-state index is 0.0304. The van der Waals surface area contributed by atoms with Gasteiger partial charge in [0.1, 0.15) is 18.2 Å². The van der Waals surface area contributed by atoms with E-state index in [2.05, 4.69) is 9.88 Å². The molecular weight excluding hydrogens is 398 g/mol. The summed E-state index contributed by atoms with van der Waals surface area (Å²) in [6.07, 6.45) is 0.348. The third-order valence-corrected chi connectivity index (χ3v) is 5.03. The molecule has 0 aliphatic heterocycles. The zero-order valence-electron chi connectivity index (χ0n) is 16.4. The lowest BCUT2D eigenvalue weighted by molar-refractivity contribution is -0.120. The topological polar surface area (TPSA) is 56.2 Å². The van der Waals surface area contributed by atoms with E-state index >= 15 is 0 Å². The van der Waals surface area contributed by atoms with Crippen molar-refractivity contribution in [3.8, 4) is 5.75 Å². The van der Waals surface area contributed by atoms with Crippen LogP contribution in [0.15, 0.2) is 78.9 Å². The SMILES string of the molecule is O=C(Cc1ccccc1)NCc1nc2ccccc2n1CCOc1ccc(Cl)cc1. The molecule has 0 saturated carbocycles. The Morgan fingerprint density at radius 3 is 2.50 bits per heavy atom. The van der Waals surface area contributed by atoms with E-state index in [0.29, 0.717) is 31.1 Å². The molecule has 1 amide bonds. The number of fused-ring (bicyclic) bond motifs is 1. The van der Waals surface area contributed by atoms with Crippen molar-refractivity contribution in [3.05, 3.63) is 95.3 Å². The summed E-state index contributed by atoms with van der Waals surface area (Å²) in [6.45, 7) is 1.46. The Balaban J connectivity index is 1.43. The van der Waals surface area contributed by atoms with E-state index in [4.69, 9.17) is 21.3 Å². The Hall–Kier alpha value is -3.31. The van der Waals surface area contributed by atoms with Crippen molar-refractivity contribution in [2.75, 3.05) is 6.61 Å². The van der Waals surface area contributed by atoms with Gasteiger partial charge in [-0.2, -0.15) is 0 Å². The number of carbonyl (C=O) groups is 1. The minimum atomic E-state index is -0.0304. The molecule has 0 radical (unpaired) electrons. The van der Waals surface area contributed by atoms with E-state index < -0.39 is 0 Å². The second-order valence-corrected chi connectivity index (χ2v) is 7.35. The Morgan fingerprint density at radius 2 is 1.70 bits per heavy atom. The summed E-state index contributed by atoms with van der Waals surface area (Å²) >= 11 is 5.92. The number of halogens is 1. The van der Waals surface area contributed by atoms with Crippen molar-refractivity contribution in [1.82, 2.24) is 14.9 Å². The molecule has 1 aromatic heterocycles. The van der Waals surface area contributed by atoms with Gasteiger partial charge in [0.05, 0.1) is 30.5 Å². The van der Waals surface area contributed by atoms with Gasteiger partial charge in [-0.1, -0.05) is 54.1 Å². The predicted octanol–water partition coefficient (Wildman–Crippen LogP) is 4.63. The highest BCUT2D eigenvalue weighted by Gasteiger charge is 2.12. The van der Waals surface area contributed by atoms with Gasteiger partial charge in [-0.3, -0.25) is 4.79 Å². The lowest BCUT2D eigenvalue weighted by atomic mass is 10.1. The molecule has 1 heterocycles. The normalized spacial score (nSPS) is 10.8. The lowest BCUT2D eigenvalue weighted by Gasteiger charge is -2.12. The number of para-hydroxylation sites is 2. The van der Waals surface area contributed by atoms with Crippen LogP contribution in [0.3, 0.4) is 0 Å². The smallest absolute Gasteiger partial charge is 0.224 e. The first kappa shape index (κ1) is 20.0. The van der Waals surface area contributed by atoms with Crippen LogP contribution in [-0.4, -0.2) is 22.1 Å². The Labute approximate surface area is 180 Å². The van der Waals surface area contributed by atoms with Crippen LogP contribution in [0.1, 0.15) is 11.4 Å². The standard InChI is InChI=1S/C24H22ClN3O2/c25-19-10-12-20(13-11-19)30-15-14-28-22-9-5-4-8-21(22)27-23(28)17-26-24(29)16-18-6-2-1-3-7-18/h1-13H,14-17H2,(H,26,29). The molecule has 6 heteroatoms. The molecule has 0 spiro atoms. The van der Waals surface area contributed by atoms with E-state index in [0.717, 1.165) is 28.2 Å². The fraction of sp³-hybridized carbons (Fsp3) is 0.167. The Bertz CT molecular complexity index is 1120. The van der Waals surface area contributed by atoms with Crippen LogP contribution in [0.25, 0.3) is 11.0 Å². The number of hydrogen-bond acceptors (Lipinski definition) is 3. The number of carbonyl (C=O) groups excluding carboxylic acids is 1. The second kappa shape index (κ2) is 9.46. The summed E-state index contributed by atoms with van der Waals surface area (Å²) in [5.74, 6) is 1.54. The van der Waals surface area contributed by atoms with Crippen LogP contribution in [0, 0.1) is 0 Å². The molecule has 0 saturated heterocycles. The van der Waals surface area contributed by atoms with E-state index in [1.165, 1.54) is 0 Å². The molecule has 0 aliphatic carbocycles. The molecule has 1 N–H and O–H groups in total. The fourth-order valence-electron chi connectivity index (χ4n) is 3.32. The maximum absolute atomic E-state index is 12.4. The van der Waals surface area contributed by atoms with Crippen molar-refractivity contribution in [2.24, 2.45) is 0 Å². The number of nitrogens with one attached hydrogen (secondary N) is 1. The first-order valence-corrected chi connectivity index (χ1v) is 10.2. The van der Waals surface area contributed by atoms with Crippen molar-refractivity contribution in [3.63, 3.8) is 0 Å². The van der Waals surface area contributed by atoms with Crippen LogP contribution >= 0.6 is 11.6 Å². The first-order valence-electron chi connectivity index (χ1n) is 9.82. The number of ether oxygens (including phenoxy) is 1. The number of imidazole rings is 1. The monoisotopic (exact) mass is 419 g/mol. The van der Waals surface area contributed by atoms with Crippen LogP contribution < -0.4 is 10.1 Å². The third-order valence-electron chi connectivity index (χ3n) is 4.78. The van der Waals surface area contributed by atoms with Crippen molar-refractivity contribution < 1.29 is 9.53 Å². The zero-order valence-corrected chi connectivity index (χ0v) is 17.2.